The lowest BCUT2D eigenvalue weighted by molar-refractivity contribution is -0.389. The van der Waals surface area contributed by atoms with Gasteiger partial charge in [0.05, 0.1) is 6.54 Å². The van der Waals surface area contributed by atoms with Crippen molar-refractivity contribution in [3.63, 3.8) is 0 Å². The van der Waals surface area contributed by atoms with Crippen molar-refractivity contribution in [3.8, 4) is 17.5 Å². The van der Waals surface area contributed by atoms with E-state index >= 15 is 0 Å². The van der Waals surface area contributed by atoms with Crippen LogP contribution in [0.15, 0.2) is 54.7 Å². The Labute approximate surface area is 216 Å². The molecule has 0 unspecified atom stereocenters. The molecule has 2 aromatic carbocycles. The molecule has 1 atom stereocenters. The summed E-state index contributed by atoms with van der Waals surface area (Å²) in [5.41, 5.74) is 2.13. The number of alkyl halides is 3. The number of halogens is 3. The van der Waals surface area contributed by atoms with Crippen molar-refractivity contribution in [1.29, 1.82) is 0 Å². The average molecular weight is 533 g/mol. The summed E-state index contributed by atoms with van der Waals surface area (Å²) in [5.74, 6) is 0.864. The normalized spacial score (nSPS) is 17.7. The van der Waals surface area contributed by atoms with E-state index in [1.165, 1.54) is 18.3 Å². The highest BCUT2D eigenvalue weighted by Gasteiger charge is 2.32. The Morgan fingerprint density at radius 3 is 2.37 bits per heavy atom. The molecule has 3 heterocycles. The van der Waals surface area contributed by atoms with E-state index in [0.717, 1.165) is 55.8 Å². The van der Waals surface area contributed by atoms with Crippen LogP contribution >= 0.6 is 0 Å². The Morgan fingerprint density at radius 2 is 1.74 bits per heavy atom. The van der Waals surface area contributed by atoms with Crippen LogP contribution < -0.4 is 19.1 Å². The van der Waals surface area contributed by atoms with Gasteiger partial charge in [-0.15, -0.1) is 13.2 Å². The molecule has 0 spiro atoms. The first kappa shape index (κ1) is 25.7. The molecule has 1 aromatic heterocycles. The molecular formula is C26H27F3N4O5. The summed E-state index contributed by atoms with van der Waals surface area (Å²) in [5, 5.41) is 10.8. The quantitative estimate of drug-likeness (QED) is 0.270. The third-order valence-electron chi connectivity index (χ3n) is 6.84. The molecule has 0 aliphatic carbocycles. The van der Waals surface area contributed by atoms with Crippen LogP contribution in [0.25, 0.3) is 0 Å². The minimum absolute atomic E-state index is 0.196. The second-order valence-corrected chi connectivity index (χ2v) is 9.50. The van der Waals surface area contributed by atoms with E-state index in [1.54, 1.807) is 16.7 Å². The van der Waals surface area contributed by atoms with E-state index in [4.69, 9.17) is 9.47 Å². The summed E-state index contributed by atoms with van der Waals surface area (Å²) in [6.07, 6.45) is 0.361. The van der Waals surface area contributed by atoms with Crippen molar-refractivity contribution < 1.29 is 32.3 Å². The lowest BCUT2D eigenvalue weighted by Crippen LogP contribution is -2.33. The standard InChI is InChI=1S/C26H27F3N4O5/c27-26(28,29)38-22-7-3-18(4-8-22)1-2-19-11-13-31(14-12-19)20-5-9-21(10-6-20)36-17-23-15-32-16-24(33(34)35)30-25(32)37-23/h3-10,16,19,23H,1-2,11-15,17H2/t23-/m1/s1. The zero-order chi connectivity index (χ0) is 26.7. The Morgan fingerprint density at radius 1 is 1.05 bits per heavy atom. The molecule has 0 saturated carbocycles. The van der Waals surface area contributed by atoms with E-state index < -0.39 is 11.3 Å². The molecule has 3 aromatic rings. The van der Waals surface area contributed by atoms with E-state index in [9.17, 15) is 23.3 Å². The third-order valence-corrected chi connectivity index (χ3v) is 6.84. The monoisotopic (exact) mass is 532 g/mol. The van der Waals surface area contributed by atoms with Gasteiger partial charge in [0.2, 0.25) is 0 Å². The fraction of sp³-hybridized carbons (Fsp3) is 0.423. The topological polar surface area (TPSA) is 91.9 Å². The predicted octanol–water partition coefficient (Wildman–Crippen LogP) is 5.38. The Kier molecular flexibility index (Phi) is 7.30. The maximum absolute atomic E-state index is 12.3. The molecule has 1 fully saturated rings. The molecule has 12 heteroatoms. The van der Waals surface area contributed by atoms with Crippen LogP contribution in [0.1, 0.15) is 24.8 Å². The molecule has 2 aliphatic heterocycles. The van der Waals surface area contributed by atoms with Crippen molar-refractivity contribution in [3.05, 3.63) is 70.4 Å². The number of aromatic nitrogens is 2. The number of imidazole rings is 1. The number of hydrogen-bond donors (Lipinski definition) is 0. The van der Waals surface area contributed by atoms with Gasteiger partial charge in [-0.25, -0.2) is 0 Å². The second-order valence-electron chi connectivity index (χ2n) is 9.50. The van der Waals surface area contributed by atoms with E-state index in [1.807, 2.05) is 24.3 Å². The first-order valence-electron chi connectivity index (χ1n) is 12.4. The van der Waals surface area contributed by atoms with Crippen molar-refractivity contribution in [2.24, 2.45) is 5.92 Å². The van der Waals surface area contributed by atoms with Crippen LogP contribution in [-0.4, -0.2) is 46.6 Å². The number of nitrogens with zero attached hydrogens (tertiary/aromatic N) is 4. The van der Waals surface area contributed by atoms with Crippen LogP contribution in [0.5, 0.6) is 17.5 Å². The van der Waals surface area contributed by atoms with Crippen molar-refractivity contribution in [2.45, 2.75) is 44.7 Å². The second kappa shape index (κ2) is 10.8. The number of nitro groups is 1. The molecule has 1 saturated heterocycles. The first-order chi connectivity index (χ1) is 18.2. The number of anilines is 1. The fourth-order valence-electron chi connectivity index (χ4n) is 4.84. The smallest absolute Gasteiger partial charge is 0.490 e. The largest absolute Gasteiger partial charge is 0.573 e. The van der Waals surface area contributed by atoms with E-state index in [0.29, 0.717) is 19.1 Å². The van der Waals surface area contributed by atoms with Gasteiger partial charge < -0.3 is 29.2 Å². The van der Waals surface area contributed by atoms with Gasteiger partial charge in [-0.05, 0) is 78.5 Å². The summed E-state index contributed by atoms with van der Waals surface area (Å²) in [7, 11) is 0. The average Bonchev–Trinajstić information content (AvgIpc) is 3.46. The number of rotatable bonds is 9. The Bertz CT molecular complexity index is 1220. The molecule has 0 radical (unpaired) electrons. The number of aryl methyl sites for hydroxylation is 1. The zero-order valence-corrected chi connectivity index (χ0v) is 20.5. The Hall–Kier alpha value is -3.96. The minimum atomic E-state index is -4.67. The molecule has 9 nitrogen and oxygen atoms in total. The van der Waals surface area contributed by atoms with Crippen LogP contribution in [0.2, 0.25) is 0 Å². The molecule has 0 bridgehead atoms. The molecule has 2 aliphatic rings. The van der Waals surface area contributed by atoms with Crippen LogP contribution in [0.4, 0.5) is 24.7 Å². The number of benzene rings is 2. The fourth-order valence-corrected chi connectivity index (χ4v) is 4.84. The van der Waals surface area contributed by atoms with Crippen LogP contribution in [-0.2, 0) is 13.0 Å². The van der Waals surface area contributed by atoms with Crippen LogP contribution in [0.3, 0.4) is 0 Å². The summed E-state index contributed by atoms with van der Waals surface area (Å²) in [4.78, 5) is 16.4. The minimum Gasteiger partial charge on any atom is -0.490 e. The molecule has 38 heavy (non-hydrogen) atoms. The number of ether oxygens (including phenoxy) is 3. The summed E-state index contributed by atoms with van der Waals surface area (Å²) < 4.78 is 53.9. The van der Waals surface area contributed by atoms with Gasteiger partial charge in [-0.3, -0.25) is 4.57 Å². The Balaban J connectivity index is 1.02. The summed E-state index contributed by atoms with van der Waals surface area (Å²) >= 11 is 0. The highest BCUT2D eigenvalue weighted by molar-refractivity contribution is 5.49. The number of fused-ring (bicyclic) bond motifs is 1. The maximum atomic E-state index is 12.3. The van der Waals surface area contributed by atoms with Crippen molar-refractivity contribution in [1.82, 2.24) is 9.55 Å². The predicted molar refractivity (Wildman–Crippen MR) is 132 cm³/mol. The van der Waals surface area contributed by atoms with Gasteiger partial charge in [0.25, 0.3) is 0 Å². The summed E-state index contributed by atoms with van der Waals surface area (Å²) in [6, 6.07) is 14.3. The summed E-state index contributed by atoms with van der Waals surface area (Å²) in [6.45, 7) is 2.63. The van der Waals surface area contributed by atoms with Gasteiger partial charge in [0, 0.05) is 23.8 Å². The van der Waals surface area contributed by atoms with Crippen molar-refractivity contribution >= 4 is 11.5 Å². The lowest BCUT2D eigenvalue weighted by Gasteiger charge is -2.33. The lowest BCUT2D eigenvalue weighted by atomic mass is 9.90. The molecular weight excluding hydrogens is 505 g/mol. The van der Waals surface area contributed by atoms with Gasteiger partial charge in [-0.1, -0.05) is 12.1 Å². The molecule has 0 N–H and O–H groups in total. The molecule has 0 amide bonds. The first-order valence-corrected chi connectivity index (χ1v) is 12.4. The molecule has 202 valence electrons. The van der Waals surface area contributed by atoms with E-state index in [2.05, 4.69) is 14.6 Å². The van der Waals surface area contributed by atoms with Gasteiger partial charge in [-0.2, -0.15) is 0 Å². The zero-order valence-electron chi connectivity index (χ0n) is 20.5. The maximum Gasteiger partial charge on any atom is 0.573 e. The van der Waals surface area contributed by atoms with Gasteiger partial charge in [0.1, 0.15) is 24.3 Å². The number of hydrogen-bond acceptors (Lipinski definition) is 7. The number of piperidine rings is 1. The van der Waals surface area contributed by atoms with Gasteiger partial charge in [0.15, 0.2) is 6.10 Å². The van der Waals surface area contributed by atoms with Crippen LogP contribution in [0, 0.1) is 16.0 Å². The highest BCUT2D eigenvalue weighted by Crippen LogP contribution is 2.29. The van der Waals surface area contributed by atoms with Gasteiger partial charge >= 0.3 is 18.2 Å². The highest BCUT2D eigenvalue weighted by atomic mass is 19.4. The molecule has 5 rings (SSSR count). The SMILES string of the molecule is O=[N+]([O-])c1cn2c(n1)O[C@@H](COc1ccc(N3CCC(CCc4ccc(OC(F)(F)F)cc4)CC3)cc1)C2. The third kappa shape index (κ3) is 6.48. The van der Waals surface area contributed by atoms with Crippen molar-refractivity contribution in [2.75, 3.05) is 24.6 Å². The van der Waals surface area contributed by atoms with E-state index in [-0.39, 0.29) is 23.7 Å².